The van der Waals surface area contributed by atoms with Crippen LogP contribution in [0.25, 0.3) is 0 Å². The SMILES string of the molecule is CN(C)c1cc[n+](C([S-])=Nc2cc(C(F)(F)F)cc(C(F)(F)F)c2)cc1.CN(C)c1cc[n+](C([S-])=Nc2cc(C(F)(F)F)cc(C(F)(F)F)c2)cc1.CN(C)c1ccncc1. The molecular formula is C39H36F12N8S2. The van der Waals surface area contributed by atoms with E-state index in [2.05, 4.69) is 15.0 Å². The van der Waals surface area contributed by atoms with Crippen molar-refractivity contribution < 1.29 is 61.8 Å². The maximum atomic E-state index is 12.9. The zero-order chi connectivity index (χ0) is 46.1. The topological polar surface area (TPSA) is 55.1 Å². The summed E-state index contributed by atoms with van der Waals surface area (Å²) < 4.78 is 157. The van der Waals surface area contributed by atoms with Crippen molar-refractivity contribution >= 4 is 64.0 Å². The van der Waals surface area contributed by atoms with Gasteiger partial charge in [-0.3, -0.25) is 4.98 Å². The second-order valence-corrected chi connectivity index (χ2v) is 13.9. The molecule has 0 fully saturated rings. The fourth-order valence-corrected chi connectivity index (χ4v) is 5.13. The molecule has 0 aliphatic heterocycles. The first-order valence-electron chi connectivity index (χ1n) is 17.1. The first-order chi connectivity index (χ1) is 28.1. The summed E-state index contributed by atoms with van der Waals surface area (Å²) in [5.41, 5.74) is -3.97. The highest BCUT2D eigenvalue weighted by molar-refractivity contribution is 7.76. The summed E-state index contributed by atoms with van der Waals surface area (Å²) in [7, 11) is 11.3. The van der Waals surface area contributed by atoms with E-state index >= 15 is 0 Å². The molecule has 2 aromatic carbocycles. The Kier molecular flexibility index (Phi) is 16.4. The Morgan fingerprint density at radius 2 is 0.689 bits per heavy atom. The maximum absolute atomic E-state index is 12.9. The number of anilines is 3. The molecule has 3 heterocycles. The average Bonchev–Trinajstić information content (AvgIpc) is 3.17. The molecular weight excluding hydrogens is 873 g/mol. The zero-order valence-corrected chi connectivity index (χ0v) is 34.5. The van der Waals surface area contributed by atoms with Crippen molar-refractivity contribution in [1.29, 1.82) is 0 Å². The van der Waals surface area contributed by atoms with Crippen molar-refractivity contribution in [1.82, 2.24) is 4.98 Å². The number of alkyl halides is 12. The van der Waals surface area contributed by atoms with Gasteiger partial charge in [-0.25, -0.2) is 9.13 Å². The molecule has 0 atom stereocenters. The maximum Gasteiger partial charge on any atom is 0.416 e. The number of hydrogen-bond donors (Lipinski definition) is 0. The molecule has 0 aliphatic carbocycles. The first-order valence-corrected chi connectivity index (χ1v) is 17.9. The van der Waals surface area contributed by atoms with Crippen LogP contribution < -0.4 is 23.8 Å². The van der Waals surface area contributed by atoms with Crippen LogP contribution >= 0.6 is 0 Å². The van der Waals surface area contributed by atoms with E-state index in [1.165, 1.54) is 39.6 Å². The molecule has 0 spiro atoms. The summed E-state index contributed by atoms with van der Waals surface area (Å²) in [4.78, 5) is 17.0. The average molecular weight is 909 g/mol. The molecule has 61 heavy (non-hydrogen) atoms. The molecule has 5 aromatic rings. The Morgan fingerprint density at radius 3 is 0.902 bits per heavy atom. The molecule has 328 valence electrons. The van der Waals surface area contributed by atoms with E-state index < -0.39 is 58.3 Å². The number of benzene rings is 2. The minimum Gasteiger partial charge on any atom is -0.687 e. The van der Waals surface area contributed by atoms with E-state index in [-0.39, 0.29) is 22.5 Å². The molecule has 0 amide bonds. The molecule has 0 saturated heterocycles. The minimum absolute atomic E-state index is 0.0427. The van der Waals surface area contributed by atoms with Crippen LogP contribution in [0, 0.1) is 0 Å². The Balaban J connectivity index is 0.000000270. The van der Waals surface area contributed by atoms with Crippen molar-refractivity contribution in [3.8, 4) is 0 Å². The fraction of sp³-hybridized carbons (Fsp3) is 0.256. The number of nitrogens with zero attached hydrogens (tertiary/aromatic N) is 8. The molecule has 0 aliphatic rings. The molecule has 0 saturated carbocycles. The van der Waals surface area contributed by atoms with Gasteiger partial charge in [-0.1, -0.05) is 9.98 Å². The Morgan fingerprint density at radius 1 is 0.443 bits per heavy atom. The molecule has 0 N–H and O–H groups in total. The van der Waals surface area contributed by atoms with Crippen LogP contribution in [0.3, 0.4) is 0 Å². The van der Waals surface area contributed by atoms with Gasteiger partial charge in [-0.15, -0.1) is 0 Å². The van der Waals surface area contributed by atoms with E-state index in [0.717, 1.165) is 11.4 Å². The summed E-state index contributed by atoms with van der Waals surface area (Å²) >= 11 is 10.0. The predicted octanol–water partition coefficient (Wildman–Crippen LogP) is 9.47. The van der Waals surface area contributed by atoms with E-state index in [4.69, 9.17) is 25.3 Å². The monoisotopic (exact) mass is 908 g/mol. The third-order valence-corrected chi connectivity index (χ3v) is 8.48. The third kappa shape index (κ3) is 15.3. The lowest BCUT2D eigenvalue weighted by molar-refractivity contribution is -0.549. The molecule has 0 unspecified atom stereocenters. The van der Waals surface area contributed by atoms with E-state index in [1.54, 1.807) is 36.7 Å². The van der Waals surface area contributed by atoms with Crippen molar-refractivity contribution in [2.24, 2.45) is 9.98 Å². The Bertz CT molecular complexity index is 2050. The number of aliphatic imine (C=N–C) groups is 2. The van der Waals surface area contributed by atoms with Crippen LogP contribution in [-0.2, 0) is 50.0 Å². The number of rotatable bonds is 5. The number of halogens is 12. The summed E-state index contributed by atoms with van der Waals surface area (Å²) in [6.45, 7) is 0. The second kappa shape index (κ2) is 20.2. The van der Waals surface area contributed by atoms with Gasteiger partial charge in [0, 0.05) is 120 Å². The quantitative estimate of drug-likeness (QED) is 0.0577. The lowest BCUT2D eigenvalue weighted by Gasteiger charge is -2.13. The van der Waals surface area contributed by atoms with Gasteiger partial charge >= 0.3 is 24.7 Å². The van der Waals surface area contributed by atoms with Crippen molar-refractivity contribution in [3.05, 3.63) is 132 Å². The normalized spacial score (nSPS) is 12.4. The molecule has 0 bridgehead atoms. The van der Waals surface area contributed by atoms with E-state index in [1.807, 2.05) is 69.1 Å². The largest absolute Gasteiger partial charge is 0.687 e. The van der Waals surface area contributed by atoms with Crippen molar-refractivity contribution in [3.63, 3.8) is 0 Å². The Hall–Kier alpha value is -5.77. The zero-order valence-electron chi connectivity index (χ0n) is 32.8. The number of aromatic nitrogens is 3. The highest BCUT2D eigenvalue weighted by Gasteiger charge is 2.39. The lowest BCUT2D eigenvalue weighted by Crippen LogP contribution is -2.40. The first kappa shape index (κ1) is 49.6. The van der Waals surface area contributed by atoms with Crippen LogP contribution in [0.2, 0.25) is 0 Å². The molecule has 22 heteroatoms. The number of hydrogen-bond acceptors (Lipinski definition) is 8. The van der Waals surface area contributed by atoms with Gasteiger partial charge in [0.2, 0.25) is 0 Å². The highest BCUT2D eigenvalue weighted by atomic mass is 32.1. The highest BCUT2D eigenvalue weighted by Crippen LogP contribution is 2.39. The Labute approximate surface area is 353 Å². The standard InChI is InChI=1S/2C16H13F6N3S.C7H10N2/c2*1-24(2)13-3-5-25(6-4-13)14(26)23-12-8-10(15(17,18)19)7-11(9-12)16(20,21)22;1-9(2)7-3-5-8-6-4-7/h2*3-9H,1-2H3;3-6H,1-2H3. The van der Waals surface area contributed by atoms with Gasteiger partial charge in [0.25, 0.3) is 0 Å². The molecule has 5 rings (SSSR count). The lowest BCUT2D eigenvalue weighted by atomic mass is 10.1. The van der Waals surface area contributed by atoms with Crippen LogP contribution in [0.15, 0.2) is 120 Å². The van der Waals surface area contributed by atoms with Gasteiger partial charge in [-0.05, 0) is 24.3 Å². The van der Waals surface area contributed by atoms with Gasteiger partial charge < -0.3 is 40.0 Å². The van der Waals surface area contributed by atoms with Crippen LogP contribution in [0.1, 0.15) is 22.3 Å². The van der Waals surface area contributed by atoms with Gasteiger partial charge in [0.05, 0.1) is 47.0 Å². The predicted molar refractivity (Wildman–Crippen MR) is 213 cm³/mol. The molecule has 3 aromatic heterocycles. The van der Waals surface area contributed by atoms with Crippen LogP contribution in [0.4, 0.5) is 81.1 Å². The van der Waals surface area contributed by atoms with Gasteiger partial charge in [-0.2, -0.15) is 52.7 Å². The molecule has 0 radical (unpaired) electrons. The fourth-order valence-electron chi connectivity index (χ4n) is 4.67. The third-order valence-electron chi connectivity index (χ3n) is 7.87. The molecule has 8 nitrogen and oxygen atoms in total. The number of pyridine rings is 3. The summed E-state index contributed by atoms with van der Waals surface area (Å²) in [5, 5.41) is -0.384. The van der Waals surface area contributed by atoms with E-state index in [9.17, 15) is 52.7 Å². The minimum atomic E-state index is -4.94. The van der Waals surface area contributed by atoms with Gasteiger partial charge in [0.1, 0.15) is 0 Å². The van der Waals surface area contributed by atoms with E-state index in [0.29, 0.717) is 24.3 Å². The summed E-state index contributed by atoms with van der Waals surface area (Å²) in [5.74, 6) is 0. The van der Waals surface area contributed by atoms with Crippen molar-refractivity contribution in [2.45, 2.75) is 24.7 Å². The van der Waals surface area contributed by atoms with Crippen LogP contribution in [-0.4, -0.2) is 57.6 Å². The smallest absolute Gasteiger partial charge is 0.416 e. The van der Waals surface area contributed by atoms with Crippen LogP contribution in [0.5, 0.6) is 0 Å². The van der Waals surface area contributed by atoms with Gasteiger partial charge in [0.15, 0.2) is 21.7 Å². The van der Waals surface area contributed by atoms with Crippen molar-refractivity contribution in [2.75, 3.05) is 57.0 Å². The second-order valence-electron chi connectivity index (χ2n) is 13.1. The summed E-state index contributed by atoms with van der Waals surface area (Å²) in [6.07, 6.45) is -10.1. The summed E-state index contributed by atoms with van der Waals surface area (Å²) in [6, 6.07) is 12.8.